The lowest BCUT2D eigenvalue weighted by molar-refractivity contribution is -0.255. The van der Waals surface area contributed by atoms with Crippen LogP contribution in [0.1, 0.15) is 162 Å². The SMILES string of the molecule is CC1(C)CC(Nc2nc(Nc3ccc(Nc4nc(NC5CC(C)(C)N(O)C(C)(C)C5)nc(OC5CC(C)(C)N(O)C(C)(C)C5)n4)cc3)nc(OC3CC(C)(C)N(O)C(C)(C)C3)n2)CC(C)(C)N1O. The number of aromatic nitrogens is 6. The summed E-state index contributed by atoms with van der Waals surface area (Å²) in [5.41, 5.74) is -2.74. The second-order valence-corrected chi connectivity index (χ2v) is 24.9. The first-order valence-electron chi connectivity index (χ1n) is 24.1. The highest BCUT2D eigenvalue weighted by Crippen LogP contribution is 2.42. The van der Waals surface area contributed by atoms with Crippen LogP contribution in [-0.4, -0.2) is 140 Å². The highest BCUT2D eigenvalue weighted by atomic mass is 16.5. The molecule has 0 aliphatic carbocycles. The molecule has 0 atom stereocenters. The third kappa shape index (κ3) is 11.3. The predicted octanol–water partition coefficient (Wildman–Crippen LogP) is 8.77. The van der Waals surface area contributed by atoms with Crippen molar-refractivity contribution in [3.63, 3.8) is 0 Å². The molecule has 1 aromatic carbocycles. The van der Waals surface area contributed by atoms with Crippen molar-refractivity contribution in [3.05, 3.63) is 24.3 Å². The Balaban J connectivity index is 1.13. The Labute approximate surface area is 402 Å². The monoisotopic (exact) mass is 949 g/mol. The number of hydrogen-bond donors (Lipinski definition) is 8. The summed E-state index contributed by atoms with van der Waals surface area (Å²) in [4.78, 5) is 28.6. The van der Waals surface area contributed by atoms with Crippen molar-refractivity contribution in [2.24, 2.45) is 0 Å². The van der Waals surface area contributed by atoms with Gasteiger partial charge in [-0.05, 0) is 161 Å². The summed E-state index contributed by atoms with van der Waals surface area (Å²) in [6.07, 6.45) is 4.27. The molecule has 4 aliphatic rings. The lowest BCUT2D eigenvalue weighted by Crippen LogP contribution is -2.61. The zero-order valence-corrected chi connectivity index (χ0v) is 43.4. The molecule has 378 valence electrons. The van der Waals surface area contributed by atoms with Gasteiger partial charge in [0.1, 0.15) is 12.2 Å². The number of nitrogens with one attached hydrogen (secondary N) is 4. The zero-order valence-electron chi connectivity index (χ0n) is 43.4. The standard InChI is InChI=1S/C48H80N14O6/c1-41(2)21-31(22-42(3,4)59(41)63)51-37-53-35(55-39(57-37)67-33-25-45(9,10)61(65)46(11,12)26-33)49-29-17-19-30(20-18-29)50-36-54-38(52-32-23-43(5,6)60(64)44(7,8)24-32)58-40(56-36)68-34-27-47(13,14)62(66)48(15,16)28-34/h17-20,31-34,63-66H,21-28H2,1-16H3,(H2,49,51,53,55,57)(H2,50,52,54,56,58). The Hall–Kier alpha value is -4.28. The van der Waals surface area contributed by atoms with E-state index in [0.717, 1.165) is 0 Å². The topological polar surface area (TPSA) is 238 Å². The molecule has 20 heteroatoms. The fourth-order valence-electron chi connectivity index (χ4n) is 11.9. The van der Waals surface area contributed by atoms with Crippen LogP contribution in [-0.2, 0) is 0 Å². The number of hydrogen-bond acceptors (Lipinski definition) is 20. The van der Waals surface area contributed by atoms with E-state index in [0.29, 0.717) is 74.6 Å². The molecule has 7 rings (SSSR count). The van der Waals surface area contributed by atoms with Crippen molar-refractivity contribution in [3.8, 4) is 12.0 Å². The third-order valence-electron chi connectivity index (χ3n) is 14.3. The maximum Gasteiger partial charge on any atom is 0.323 e. The Bertz CT molecular complexity index is 1920. The Morgan fingerprint density at radius 3 is 0.882 bits per heavy atom. The van der Waals surface area contributed by atoms with Gasteiger partial charge in [0.2, 0.25) is 23.8 Å². The van der Waals surface area contributed by atoms with Gasteiger partial charge < -0.3 is 51.6 Å². The van der Waals surface area contributed by atoms with Gasteiger partial charge in [-0.1, -0.05) is 0 Å². The number of ether oxygens (including phenoxy) is 2. The van der Waals surface area contributed by atoms with Gasteiger partial charge in [-0.3, -0.25) is 0 Å². The van der Waals surface area contributed by atoms with Gasteiger partial charge in [-0.15, -0.1) is 0 Å². The smallest absolute Gasteiger partial charge is 0.323 e. The van der Waals surface area contributed by atoms with Crippen molar-refractivity contribution < 1.29 is 30.3 Å². The number of rotatable bonds is 12. The second kappa shape index (κ2) is 17.8. The van der Waals surface area contributed by atoms with Gasteiger partial charge in [0.15, 0.2) is 0 Å². The molecule has 0 saturated carbocycles. The fraction of sp³-hybridized carbons (Fsp3) is 0.750. The van der Waals surface area contributed by atoms with E-state index in [2.05, 4.69) is 21.3 Å². The summed E-state index contributed by atoms with van der Waals surface area (Å²) >= 11 is 0. The van der Waals surface area contributed by atoms with E-state index in [1.807, 2.05) is 135 Å². The van der Waals surface area contributed by atoms with Crippen LogP contribution in [0.2, 0.25) is 0 Å². The van der Waals surface area contributed by atoms with Crippen molar-refractivity contribution in [1.29, 1.82) is 0 Å². The molecule has 0 radical (unpaired) electrons. The molecule has 0 amide bonds. The molecule has 2 aromatic heterocycles. The van der Waals surface area contributed by atoms with E-state index in [4.69, 9.17) is 39.4 Å². The minimum absolute atomic E-state index is 0.0519. The van der Waals surface area contributed by atoms with Crippen molar-refractivity contribution in [1.82, 2.24) is 50.2 Å². The maximum atomic E-state index is 11.0. The molecule has 4 aliphatic heterocycles. The third-order valence-corrected chi connectivity index (χ3v) is 14.3. The first kappa shape index (κ1) is 51.6. The molecule has 68 heavy (non-hydrogen) atoms. The van der Waals surface area contributed by atoms with Crippen LogP contribution in [0.4, 0.5) is 35.2 Å². The quantitative estimate of drug-likeness (QED) is 0.0847. The van der Waals surface area contributed by atoms with Crippen molar-refractivity contribution in [2.45, 2.75) is 231 Å². The molecule has 0 spiro atoms. The van der Waals surface area contributed by atoms with E-state index < -0.39 is 44.3 Å². The van der Waals surface area contributed by atoms with E-state index in [9.17, 15) is 20.8 Å². The zero-order chi connectivity index (χ0) is 50.2. The van der Waals surface area contributed by atoms with Crippen LogP contribution in [0.15, 0.2) is 24.3 Å². The summed E-state index contributed by atoms with van der Waals surface area (Å²) in [6, 6.07) is 7.77. The highest BCUT2D eigenvalue weighted by molar-refractivity contribution is 5.62. The largest absolute Gasteiger partial charge is 0.460 e. The number of anilines is 6. The van der Waals surface area contributed by atoms with Crippen LogP contribution in [0.3, 0.4) is 0 Å². The maximum absolute atomic E-state index is 11.0. The molecule has 4 saturated heterocycles. The lowest BCUT2D eigenvalue weighted by atomic mass is 9.79. The molecule has 6 heterocycles. The molecule has 3 aromatic rings. The summed E-state index contributed by atoms with van der Waals surface area (Å²) < 4.78 is 13.1. The van der Waals surface area contributed by atoms with Gasteiger partial charge in [0.25, 0.3) is 0 Å². The molecular weight excluding hydrogens is 869 g/mol. The average molecular weight is 949 g/mol. The molecule has 8 N–H and O–H groups in total. The normalized spacial score (nSPS) is 25.4. The van der Waals surface area contributed by atoms with E-state index >= 15 is 0 Å². The molecule has 4 fully saturated rings. The van der Waals surface area contributed by atoms with E-state index in [1.54, 1.807) is 0 Å². The fourth-order valence-corrected chi connectivity index (χ4v) is 11.9. The summed E-state index contributed by atoms with van der Waals surface area (Å²) in [6.45, 7) is 32.1. The number of hydroxylamine groups is 8. The van der Waals surface area contributed by atoms with Crippen LogP contribution in [0.25, 0.3) is 0 Å². The minimum atomic E-state index is -0.541. The molecule has 0 bridgehead atoms. The van der Waals surface area contributed by atoms with Crippen LogP contribution < -0.4 is 30.7 Å². The van der Waals surface area contributed by atoms with Crippen LogP contribution in [0, 0.1) is 0 Å². The van der Waals surface area contributed by atoms with Gasteiger partial charge in [0, 0.05) is 93.5 Å². The van der Waals surface area contributed by atoms with Crippen LogP contribution >= 0.6 is 0 Å². The number of piperidine rings is 4. The summed E-state index contributed by atoms with van der Waals surface area (Å²) in [5, 5.41) is 63.4. The second-order valence-electron chi connectivity index (χ2n) is 24.9. The number of benzene rings is 1. The Morgan fingerprint density at radius 1 is 0.382 bits per heavy atom. The van der Waals surface area contributed by atoms with Crippen molar-refractivity contribution in [2.75, 3.05) is 21.3 Å². The molecule has 0 unspecified atom stereocenters. The predicted molar refractivity (Wildman–Crippen MR) is 260 cm³/mol. The highest BCUT2D eigenvalue weighted by Gasteiger charge is 2.49. The van der Waals surface area contributed by atoms with E-state index in [-0.39, 0.29) is 48.2 Å². The van der Waals surface area contributed by atoms with Gasteiger partial charge >= 0.3 is 12.0 Å². The Morgan fingerprint density at radius 2 is 0.618 bits per heavy atom. The van der Waals surface area contributed by atoms with Crippen LogP contribution in [0.5, 0.6) is 12.0 Å². The van der Waals surface area contributed by atoms with Gasteiger partial charge in [0.05, 0.1) is 0 Å². The molecular formula is C48H80N14O6. The molecule has 20 nitrogen and oxygen atoms in total. The number of nitrogens with zero attached hydrogens (tertiary/aromatic N) is 10. The van der Waals surface area contributed by atoms with E-state index in [1.165, 1.54) is 20.3 Å². The lowest BCUT2D eigenvalue weighted by Gasteiger charge is -2.51. The minimum Gasteiger partial charge on any atom is -0.460 e. The van der Waals surface area contributed by atoms with Gasteiger partial charge in [-0.25, -0.2) is 0 Å². The Kier molecular flexibility index (Phi) is 13.5. The van der Waals surface area contributed by atoms with Gasteiger partial charge in [-0.2, -0.15) is 50.2 Å². The first-order chi connectivity index (χ1) is 31.1. The average Bonchev–Trinajstić information content (AvgIpc) is 3.17. The summed E-state index contributed by atoms with van der Waals surface area (Å²) in [7, 11) is 0. The first-order valence-corrected chi connectivity index (χ1v) is 24.1. The summed E-state index contributed by atoms with van der Waals surface area (Å²) in [5.74, 6) is 1.25. The van der Waals surface area contributed by atoms with Crippen molar-refractivity contribution >= 4 is 35.2 Å².